The first kappa shape index (κ1) is 17.8. The van der Waals surface area contributed by atoms with Gasteiger partial charge in [0.15, 0.2) is 0 Å². The van der Waals surface area contributed by atoms with E-state index in [1.807, 2.05) is 49.4 Å². The Labute approximate surface area is 155 Å². The van der Waals surface area contributed by atoms with Crippen LogP contribution in [0.25, 0.3) is 10.2 Å². The van der Waals surface area contributed by atoms with Gasteiger partial charge in [-0.05, 0) is 36.8 Å². The normalized spacial score (nSPS) is 10.8. The van der Waals surface area contributed by atoms with Gasteiger partial charge >= 0.3 is 0 Å². The zero-order valence-electron chi connectivity index (χ0n) is 14.0. The molecular weight excluding hydrogens is 352 g/mol. The van der Waals surface area contributed by atoms with E-state index in [4.69, 9.17) is 4.74 Å². The second-order valence-corrected chi connectivity index (χ2v) is 7.68. The third-order valence-electron chi connectivity index (χ3n) is 3.48. The highest BCUT2D eigenvalue weighted by Gasteiger charge is 2.06. The molecule has 1 aromatic heterocycles. The van der Waals surface area contributed by atoms with Gasteiger partial charge in [0.05, 0.1) is 22.5 Å². The van der Waals surface area contributed by atoms with Gasteiger partial charge in [-0.1, -0.05) is 24.3 Å². The molecule has 0 saturated heterocycles. The van der Waals surface area contributed by atoms with E-state index in [-0.39, 0.29) is 5.91 Å². The van der Waals surface area contributed by atoms with E-state index in [1.165, 1.54) is 4.70 Å². The Kier molecular flexibility index (Phi) is 6.30. The fraction of sp³-hybridized carbons (Fsp3) is 0.263. The van der Waals surface area contributed by atoms with Crippen LogP contribution in [0.15, 0.2) is 48.5 Å². The van der Waals surface area contributed by atoms with Gasteiger partial charge in [-0.25, -0.2) is 4.98 Å². The average Bonchev–Trinajstić information content (AvgIpc) is 3.01. The molecule has 4 nitrogen and oxygen atoms in total. The highest BCUT2D eigenvalue weighted by atomic mass is 32.2. The van der Waals surface area contributed by atoms with E-state index in [1.54, 1.807) is 23.1 Å². The van der Waals surface area contributed by atoms with Crippen LogP contribution in [0, 0.1) is 6.92 Å². The third kappa shape index (κ3) is 5.47. The number of ether oxygens (including phenoxy) is 1. The number of carbonyl (C=O) groups excluding carboxylic acids is 1. The third-order valence-corrected chi connectivity index (χ3v) is 5.64. The summed E-state index contributed by atoms with van der Waals surface area (Å²) < 4.78 is 6.81. The van der Waals surface area contributed by atoms with Crippen LogP contribution < -0.4 is 10.1 Å². The summed E-state index contributed by atoms with van der Waals surface area (Å²) in [6, 6.07) is 16.0. The van der Waals surface area contributed by atoms with E-state index in [2.05, 4.69) is 16.4 Å². The number of aryl methyl sites for hydroxylation is 1. The predicted octanol–water partition coefficient (Wildman–Crippen LogP) is 4.03. The number of para-hydroxylation sites is 1. The van der Waals surface area contributed by atoms with Crippen molar-refractivity contribution in [1.29, 1.82) is 0 Å². The van der Waals surface area contributed by atoms with Gasteiger partial charge in [-0.15, -0.1) is 23.1 Å². The maximum atomic E-state index is 11.9. The first-order valence-electron chi connectivity index (χ1n) is 8.09. The van der Waals surface area contributed by atoms with Crippen LogP contribution >= 0.6 is 23.1 Å². The number of amides is 1. The van der Waals surface area contributed by atoms with Crippen LogP contribution in [0.3, 0.4) is 0 Å². The van der Waals surface area contributed by atoms with Crippen molar-refractivity contribution in [1.82, 2.24) is 10.3 Å². The number of hydrogen-bond acceptors (Lipinski definition) is 5. The van der Waals surface area contributed by atoms with E-state index in [9.17, 15) is 4.79 Å². The molecule has 0 bridgehead atoms. The minimum atomic E-state index is 0.0268. The number of rotatable bonds is 8. The average molecular weight is 373 g/mol. The summed E-state index contributed by atoms with van der Waals surface area (Å²) in [5.41, 5.74) is 2.19. The van der Waals surface area contributed by atoms with Crippen LogP contribution in [0.1, 0.15) is 10.6 Å². The Morgan fingerprint density at radius 3 is 2.96 bits per heavy atom. The van der Waals surface area contributed by atoms with Gasteiger partial charge in [-0.2, -0.15) is 0 Å². The number of nitrogens with zero attached hydrogens (tertiary/aromatic N) is 1. The number of thioether (sulfide) groups is 1. The van der Waals surface area contributed by atoms with Crippen molar-refractivity contribution in [3.05, 3.63) is 59.1 Å². The smallest absolute Gasteiger partial charge is 0.230 e. The molecule has 0 unspecified atom stereocenters. The van der Waals surface area contributed by atoms with E-state index in [0.717, 1.165) is 27.6 Å². The fourth-order valence-corrected chi connectivity index (χ4v) is 4.21. The molecule has 3 rings (SSSR count). The van der Waals surface area contributed by atoms with Gasteiger partial charge in [0.2, 0.25) is 5.91 Å². The molecule has 1 amide bonds. The van der Waals surface area contributed by atoms with Crippen LogP contribution in [0.2, 0.25) is 0 Å². The minimum absolute atomic E-state index is 0.0268. The van der Waals surface area contributed by atoms with Gasteiger partial charge in [0.1, 0.15) is 17.4 Å². The number of nitrogens with one attached hydrogen (secondary N) is 1. The van der Waals surface area contributed by atoms with E-state index in [0.29, 0.717) is 18.9 Å². The number of fused-ring (bicyclic) bond motifs is 1. The molecule has 6 heteroatoms. The molecule has 25 heavy (non-hydrogen) atoms. The molecule has 2 aromatic carbocycles. The van der Waals surface area contributed by atoms with Gasteiger partial charge in [-0.3, -0.25) is 4.79 Å². The first-order valence-corrected chi connectivity index (χ1v) is 10.1. The van der Waals surface area contributed by atoms with Crippen LogP contribution in [0.5, 0.6) is 5.75 Å². The summed E-state index contributed by atoms with van der Waals surface area (Å²) in [6.07, 6.45) is 0. The molecule has 0 spiro atoms. The molecular formula is C19H20N2O2S2. The van der Waals surface area contributed by atoms with Crippen molar-refractivity contribution in [2.75, 3.05) is 18.9 Å². The lowest BCUT2D eigenvalue weighted by Crippen LogP contribution is -2.29. The number of hydrogen-bond donors (Lipinski definition) is 1. The van der Waals surface area contributed by atoms with Crippen molar-refractivity contribution in [3.63, 3.8) is 0 Å². The molecule has 1 N–H and O–H groups in total. The molecule has 0 aliphatic heterocycles. The summed E-state index contributed by atoms with van der Waals surface area (Å²) in [4.78, 5) is 16.4. The van der Waals surface area contributed by atoms with Crippen molar-refractivity contribution in [2.45, 2.75) is 12.7 Å². The van der Waals surface area contributed by atoms with Gasteiger partial charge < -0.3 is 10.1 Å². The zero-order valence-corrected chi connectivity index (χ0v) is 15.7. The predicted molar refractivity (Wildman–Crippen MR) is 105 cm³/mol. The van der Waals surface area contributed by atoms with Crippen molar-refractivity contribution >= 4 is 39.2 Å². The SMILES string of the molecule is Cc1cccc(OCCNC(=O)CSCc2nc3ccccc3s2)c1. The summed E-state index contributed by atoms with van der Waals surface area (Å²) in [7, 11) is 0. The van der Waals surface area contributed by atoms with Crippen LogP contribution in [-0.2, 0) is 10.5 Å². The number of carbonyl (C=O) groups is 1. The zero-order chi connectivity index (χ0) is 17.5. The van der Waals surface area contributed by atoms with Crippen LogP contribution in [0.4, 0.5) is 0 Å². The molecule has 3 aromatic rings. The lowest BCUT2D eigenvalue weighted by Gasteiger charge is -2.08. The largest absolute Gasteiger partial charge is 0.492 e. The fourth-order valence-electron chi connectivity index (χ4n) is 2.33. The molecule has 0 fully saturated rings. The van der Waals surface area contributed by atoms with Crippen molar-refractivity contribution < 1.29 is 9.53 Å². The Hall–Kier alpha value is -2.05. The maximum absolute atomic E-state index is 11.9. The Balaban J connectivity index is 1.32. The summed E-state index contributed by atoms with van der Waals surface area (Å²) in [5.74, 6) is 2.05. The van der Waals surface area contributed by atoms with Gasteiger partial charge in [0.25, 0.3) is 0 Å². The lowest BCUT2D eigenvalue weighted by molar-refractivity contribution is -0.118. The quantitative estimate of drug-likeness (QED) is 0.607. The minimum Gasteiger partial charge on any atom is -0.492 e. The molecule has 0 aliphatic rings. The molecule has 0 saturated carbocycles. The topological polar surface area (TPSA) is 51.2 Å². The van der Waals surface area contributed by atoms with Gasteiger partial charge in [0, 0.05) is 5.75 Å². The van der Waals surface area contributed by atoms with Crippen LogP contribution in [-0.4, -0.2) is 29.8 Å². The maximum Gasteiger partial charge on any atom is 0.230 e. The molecule has 0 atom stereocenters. The number of aromatic nitrogens is 1. The van der Waals surface area contributed by atoms with E-state index >= 15 is 0 Å². The molecule has 0 radical (unpaired) electrons. The number of benzene rings is 2. The Morgan fingerprint density at radius 2 is 2.12 bits per heavy atom. The molecule has 130 valence electrons. The second-order valence-electron chi connectivity index (χ2n) is 5.58. The van der Waals surface area contributed by atoms with Crippen molar-refractivity contribution in [2.24, 2.45) is 0 Å². The lowest BCUT2D eigenvalue weighted by atomic mass is 10.2. The van der Waals surface area contributed by atoms with Crippen molar-refractivity contribution in [3.8, 4) is 5.75 Å². The highest BCUT2D eigenvalue weighted by molar-refractivity contribution is 7.99. The standard InChI is InChI=1S/C19H20N2O2S2/c1-14-5-4-6-15(11-14)23-10-9-20-18(22)12-24-13-19-21-16-7-2-3-8-17(16)25-19/h2-8,11H,9-10,12-13H2,1H3,(H,20,22). The summed E-state index contributed by atoms with van der Waals surface area (Å²) in [5, 5.41) is 3.94. The molecule has 0 aliphatic carbocycles. The molecule has 1 heterocycles. The first-order chi connectivity index (χ1) is 12.2. The second kappa shape index (κ2) is 8.87. The van der Waals surface area contributed by atoms with E-state index < -0.39 is 0 Å². The summed E-state index contributed by atoms with van der Waals surface area (Å²) >= 11 is 3.27. The highest BCUT2D eigenvalue weighted by Crippen LogP contribution is 2.24. The summed E-state index contributed by atoms with van der Waals surface area (Å²) in [6.45, 7) is 3.00. The Bertz CT molecular complexity index is 815. The number of thiazole rings is 1. The monoisotopic (exact) mass is 372 g/mol. The Morgan fingerprint density at radius 1 is 1.24 bits per heavy atom.